The fraction of sp³-hybridized carbons (Fsp3) is 0.0833. The zero-order valence-corrected chi connectivity index (χ0v) is 19.4. The first-order chi connectivity index (χ1) is 14.9. The molecule has 0 unspecified atom stereocenters. The zero-order valence-electron chi connectivity index (χ0n) is 16.9. The Labute approximate surface area is 187 Å². The lowest BCUT2D eigenvalue weighted by molar-refractivity contribution is 0.561. The average Bonchev–Trinajstić information content (AvgIpc) is 3.33. The molecular formula is C24H22NO3PS2. The van der Waals surface area contributed by atoms with E-state index < -0.39 is 22.9 Å². The molecule has 0 radical (unpaired) electrons. The minimum atomic E-state index is -3.92. The number of hydrogen-bond acceptors (Lipinski definition) is 4. The summed E-state index contributed by atoms with van der Waals surface area (Å²) in [6.07, 6.45) is 0. The molecule has 0 saturated carbocycles. The van der Waals surface area contributed by atoms with Crippen molar-refractivity contribution in [3.63, 3.8) is 0 Å². The summed E-state index contributed by atoms with van der Waals surface area (Å²) in [5.74, 6) is -0.927. The number of nitrogens with one attached hydrogen (secondary N) is 1. The number of aryl methyl sites for hydroxylation is 1. The molecule has 1 heterocycles. The van der Waals surface area contributed by atoms with Crippen molar-refractivity contribution in [2.24, 2.45) is 0 Å². The molecule has 4 aromatic rings. The van der Waals surface area contributed by atoms with Crippen LogP contribution in [-0.2, 0) is 14.6 Å². The van der Waals surface area contributed by atoms with E-state index in [1.165, 1.54) is 11.3 Å². The molecule has 158 valence electrons. The average molecular weight is 468 g/mol. The van der Waals surface area contributed by atoms with Gasteiger partial charge in [0.15, 0.2) is 7.14 Å². The van der Waals surface area contributed by atoms with Crippen molar-refractivity contribution in [3.8, 4) is 0 Å². The number of hydrogen-bond donors (Lipinski definition) is 1. The van der Waals surface area contributed by atoms with Gasteiger partial charge in [-0.15, -0.1) is 11.3 Å². The van der Waals surface area contributed by atoms with Gasteiger partial charge < -0.3 is 4.57 Å². The third-order valence-corrected chi connectivity index (χ3v) is 11.0. The van der Waals surface area contributed by atoms with Gasteiger partial charge in [-0.25, -0.2) is 8.42 Å². The van der Waals surface area contributed by atoms with E-state index in [2.05, 4.69) is 4.72 Å². The molecule has 7 heteroatoms. The van der Waals surface area contributed by atoms with Gasteiger partial charge in [0.05, 0.1) is 4.90 Å². The number of rotatable bonds is 7. The molecule has 4 nitrogen and oxygen atoms in total. The van der Waals surface area contributed by atoms with Crippen LogP contribution in [0.25, 0.3) is 0 Å². The first-order valence-corrected chi connectivity index (χ1v) is 13.9. The summed E-state index contributed by atoms with van der Waals surface area (Å²) in [6, 6.07) is 28.5. The Bertz CT molecular complexity index is 1240. The van der Waals surface area contributed by atoms with Crippen molar-refractivity contribution < 1.29 is 13.0 Å². The Morgan fingerprint density at radius 2 is 1.32 bits per heavy atom. The number of sulfonamides is 1. The standard InChI is InChI=1S/C24H22NO3PS2/c1-19-14-16-22(17-15-19)31(27,28)25-24(23-13-8-18-30-23)29(26,20-9-4-2-5-10-20)21-11-6-3-7-12-21/h2-18,24-25H,1H3/t24-/m0/s1. The van der Waals surface area contributed by atoms with Crippen LogP contribution in [0.5, 0.6) is 0 Å². The van der Waals surface area contributed by atoms with Gasteiger partial charge in [-0.1, -0.05) is 84.4 Å². The van der Waals surface area contributed by atoms with E-state index in [0.29, 0.717) is 15.5 Å². The number of thiophene rings is 1. The molecule has 1 aromatic heterocycles. The second-order valence-corrected chi connectivity index (χ2v) is 12.7. The van der Waals surface area contributed by atoms with Crippen LogP contribution in [0.4, 0.5) is 0 Å². The molecule has 0 aliphatic heterocycles. The SMILES string of the molecule is Cc1ccc(S(=O)(=O)N[C@H](c2cccs2)P(=O)(c2ccccc2)c2ccccc2)cc1. The molecule has 1 atom stereocenters. The second-order valence-electron chi connectivity index (χ2n) is 7.18. The first-order valence-electron chi connectivity index (χ1n) is 9.74. The summed E-state index contributed by atoms with van der Waals surface area (Å²) in [5, 5.41) is 3.07. The maximum Gasteiger partial charge on any atom is 0.241 e. The highest BCUT2D eigenvalue weighted by Crippen LogP contribution is 2.57. The molecule has 0 saturated heterocycles. The van der Waals surface area contributed by atoms with E-state index >= 15 is 0 Å². The topological polar surface area (TPSA) is 63.2 Å². The molecule has 4 rings (SSSR count). The van der Waals surface area contributed by atoms with Crippen LogP contribution in [0.1, 0.15) is 16.2 Å². The van der Waals surface area contributed by atoms with Crippen molar-refractivity contribution in [1.82, 2.24) is 4.72 Å². The highest BCUT2D eigenvalue weighted by molar-refractivity contribution is 7.90. The molecule has 0 fully saturated rings. The van der Waals surface area contributed by atoms with Gasteiger partial charge >= 0.3 is 0 Å². The molecule has 0 aliphatic rings. The Morgan fingerprint density at radius 1 is 0.774 bits per heavy atom. The Morgan fingerprint density at radius 3 is 1.81 bits per heavy atom. The Kier molecular flexibility index (Phi) is 6.26. The normalized spacial score (nSPS) is 13.1. The predicted octanol–water partition coefficient (Wildman–Crippen LogP) is 5.05. The van der Waals surface area contributed by atoms with Gasteiger partial charge in [0.25, 0.3) is 0 Å². The van der Waals surface area contributed by atoms with Crippen LogP contribution in [0.2, 0.25) is 0 Å². The van der Waals surface area contributed by atoms with E-state index in [-0.39, 0.29) is 4.90 Å². The summed E-state index contributed by atoms with van der Waals surface area (Å²) < 4.78 is 44.3. The van der Waals surface area contributed by atoms with Gasteiger partial charge in [-0.2, -0.15) is 4.72 Å². The Hall–Kier alpha value is -2.50. The summed E-state index contributed by atoms with van der Waals surface area (Å²) in [7, 11) is -7.35. The van der Waals surface area contributed by atoms with E-state index in [1.54, 1.807) is 48.5 Å². The summed E-state index contributed by atoms with van der Waals surface area (Å²) in [5.41, 5.74) is 0.966. The minimum absolute atomic E-state index is 0.146. The molecule has 1 N–H and O–H groups in total. The first kappa shape index (κ1) is 21.7. The summed E-state index contributed by atoms with van der Waals surface area (Å²) >= 11 is 1.39. The zero-order chi connectivity index (χ0) is 21.9. The lowest BCUT2D eigenvalue weighted by Gasteiger charge is -2.29. The lowest BCUT2D eigenvalue weighted by Crippen LogP contribution is -2.34. The fourth-order valence-electron chi connectivity index (χ4n) is 3.44. The minimum Gasteiger partial charge on any atom is -0.312 e. The highest BCUT2D eigenvalue weighted by atomic mass is 32.2. The third kappa shape index (κ3) is 4.43. The van der Waals surface area contributed by atoms with Crippen molar-refractivity contribution in [1.29, 1.82) is 0 Å². The van der Waals surface area contributed by atoms with E-state index in [0.717, 1.165) is 5.56 Å². The van der Waals surface area contributed by atoms with E-state index in [9.17, 15) is 13.0 Å². The van der Waals surface area contributed by atoms with Crippen LogP contribution in [-0.4, -0.2) is 8.42 Å². The molecule has 3 aromatic carbocycles. The van der Waals surface area contributed by atoms with Gasteiger partial charge in [0, 0.05) is 15.5 Å². The van der Waals surface area contributed by atoms with Gasteiger partial charge in [-0.3, -0.25) is 0 Å². The number of benzene rings is 3. The third-order valence-electron chi connectivity index (χ3n) is 5.05. The van der Waals surface area contributed by atoms with Crippen molar-refractivity contribution in [2.45, 2.75) is 17.6 Å². The summed E-state index contributed by atoms with van der Waals surface area (Å²) in [4.78, 5) is 0.846. The molecule has 31 heavy (non-hydrogen) atoms. The predicted molar refractivity (Wildman–Crippen MR) is 128 cm³/mol. The Balaban J connectivity index is 1.90. The lowest BCUT2D eigenvalue weighted by atomic mass is 10.2. The molecule has 0 aliphatic carbocycles. The smallest absolute Gasteiger partial charge is 0.241 e. The largest absolute Gasteiger partial charge is 0.312 e. The molecule has 0 spiro atoms. The van der Waals surface area contributed by atoms with Crippen LogP contribution in [0, 0.1) is 6.92 Å². The molecule has 0 amide bonds. The monoisotopic (exact) mass is 467 g/mol. The van der Waals surface area contributed by atoms with Gasteiger partial charge in [0.2, 0.25) is 10.0 Å². The van der Waals surface area contributed by atoms with E-state index in [1.807, 2.05) is 60.8 Å². The summed E-state index contributed by atoms with van der Waals surface area (Å²) in [6.45, 7) is 1.90. The fourth-order valence-corrected chi connectivity index (χ4v) is 9.43. The second kappa shape index (κ2) is 8.93. The van der Waals surface area contributed by atoms with Gasteiger partial charge in [-0.05, 0) is 30.5 Å². The van der Waals surface area contributed by atoms with Crippen molar-refractivity contribution in [2.75, 3.05) is 0 Å². The van der Waals surface area contributed by atoms with Crippen LogP contribution >= 0.6 is 18.5 Å². The van der Waals surface area contributed by atoms with Crippen molar-refractivity contribution >= 4 is 39.1 Å². The van der Waals surface area contributed by atoms with Gasteiger partial charge in [0.1, 0.15) is 5.78 Å². The van der Waals surface area contributed by atoms with Crippen LogP contribution in [0.15, 0.2) is 107 Å². The highest BCUT2D eigenvalue weighted by Gasteiger charge is 2.41. The molecular weight excluding hydrogens is 445 g/mol. The van der Waals surface area contributed by atoms with Crippen LogP contribution in [0.3, 0.4) is 0 Å². The van der Waals surface area contributed by atoms with Crippen LogP contribution < -0.4 is 15.3 Å². The quantitative estimate of drug-likeness (QED) is 0.387. The van der Waals surface area contributed by atoms with E-state index in [4.69, 9.17) is 0 Å². The van der Waals surface area contributed by atoms with Crippen molar-refractivity contribution in [3.05, 3.63) is 113 Å². The maximum atomic E-state index is 14.9. The molecule has 0 bridgehead atoms. The maximum absolute atomic E-state index is 14.9.